The predicted octanol–water partition coefficient (Wildman–Crippen LogP) is 2.55. The number of nitrogens with one attached hydrogen (secondary N) is 2. The van der Waals surface area contributed by atoms with E-state index in [2.05, 4.69) is 10.6 Å². The van der Waals surface area contributed by atoms with Crippen molar-refractivity contribution in [3.05, 3.63) is 28.8 Å². The summed E-state index contributed by atoms with van der Waals surface area (Å²) in [6.07, 6.45) is 2.53. The molecule has 4 nitrogen and oxygen atoms in total. The van der Waals surface area contributed by atoms with E-state index in [0.29, 0.717) is 12.6 Å². The minimum Gasteiger partial charge on any atom is -0.365 e. The molecule has 0 radical (unpaired) electrons. The lowest BCUT2D eigenvalue weighted by Gasteiger charge is -2.20. The number of amides is 1. The molecular formula is C16H24ClN3O. The normalized spacial score (nSPS) is 14.3. The second-order valence-electron chi connectivity index (χ2n) is 6.01. The van der Waals surface area contributed by atoms with Crippen molar-refractivity contribution in [3.8, 4) is 0 Å². The van der Waals surface area contributed by atoms with Gasteiger partial charge in [-0.15, -0.1) is 0 Å². The number of halogens is 1. The smallest absolute Gasteiger partial charge is 0.239 e. The molecule has 0 aliphatic heterocycles. The fourth-order valence-corrected chi connectivity index (χ4v) is 2.37. The summed E-state index contributed by atoms with van der Waals surface area (Å²) in [5.74, 6) is 0.0168. The Bertz CT molecular complexity index is 500. The van der Waals surface area contributed by atoms with Crippen molar-refractivity contribution in [1.82, 2.24) is 10.6 Å². The maximum atomic E-state index is 11.8. The molecule has 0 spiro atoms. The van der Waals surface area contributed by atoms with E-state index in [1.165, 1.54) is 12.8 Å². The Labute approximate surface area is 131 Å². The minimum atomic E-state index is 0.0168. The largest absolute Gasteiger partial charge is 0.365 e. The molecule has 1 aromatic rings. The Morgan fingerprint density at radius 1 is 1.43 bits per heavy atom. The van der Waals surface area contributed by atoms with Gasteiger partial charge in [0.15, 0.2) is 0 Å². The summed E-state index contributed by atoms with van der Waals surface area (Å²) in [5, 5.41) is 7.09. The lowest BCUT2D eigenvalue weighted by molar-refractivity contribution is -0.120. The van der Waals surface area contributed by atoms with Crippen molar-refractivity contribution >= 4 is 23.2 Å². The van der Waals surface area contributed by atoms with Gasteiger partial charge in [-0.25, -0.2) is 0 Å². The van der Waals surface area contributed by atoms with E-state index < -0.39 is 0 Å². The fourth-order valence-electron chi connectivity index (χ4n) is 2.13. The molecule has 0 saturated heterocycles. The topological polar surface area (TPSA) is 44.4 Å². The minimum absolute atomic E-state index is 0.0168. The van der Waals surface area contributed by atoms with E-state index in [0.717, 1.165) is 22.8 Å². The second-order valence-corrected chi connectivity index (χ2v) is 6.42. The lowest BCUT2D eigenvalue weighted by atomic mass is 10.2. The molecule has 2 N–H and O–H groups in total. The molecule has 1 aliphatic rings. The van der Waals surface area contributed by atoms with Crippen LogP contribution in [0.4, 0.5) is 5.69 Å². The molecule has 0 aromatic heterocycles. The molecule has 5 heteroatoms. The molecule has 0 atom stereocenters. The van der Waals surface area contributed by atoms with Gasteiger partial charge in [-0.05, 0) is 44.4 Å². The van der Waals surface area contributed by atoms with Crippen LogP contribution in [0.25, 0.3) is 0 Å². The van der Waals surface area contributed by atoms with Gasteiger partial charge in [0.2, 0.25) is 5.91 Å². The van der Waals surface area contributed by atoms with Gasteiger partial charge in [0, 0.05) is 36.4 Å². The molecule has 1 fully saturated rings. The van der Waals surface area contributed by atoms with Gasteiger partial charge in [-0.3, -0.25) is 4.79 Å². The molecule has 1 aliphatic carbocycles. The highest BCUT2D eigenvalue weighted by Crippen LogP contribution is 2.25. The Balaban J connectivity index is 1.92. The molecule has 0 heterocycles. The van der Waals surface area contributed by atoms with Crippen LogP contribution in [0.3, 0.4) is 0 Å². The van der Waals surface area contributed by atoms with E-state index in [9.17, 15) is 4.79 Å². The zero-order valence-electron chi connectivity index (χ0n) is 12.9. The quantitative estimate of drug-likeness (QED) is 0.813. The van der Waals surface area contributed by atoms with Crippen molar-refractivity contribution in [1.29, 1.82) is 0 Å². The third-order valence-electron chi connectivity index (χ3n) is 3.47. The summed E-state index contributed by atoms with van der Waals surface area (Å²) in [6.45, 7) is 5.04. The van der Waals surface area contributed by atoms with E-state index in [4.69, 9.17) is 11.6 Å². The highest BCUT2D eigenvalue weighted by molar-refractivity contribution is 6.31. The van der Waals surface area contributed by atoms with E-state index >= 15 is 0 Å². The van der Waals surface area contributed by atoms with Crippen LogP contribution in [0.1, 0.15) is 32.3 Å². The monoisotopic (exact) mass is 309 g/mol. The average Bonchev–Trinajstić information content (AvgIpc) is 3.20. The van der Waals surface area contributed by atoms with Crippen molar-refractivity contribution in [2.75, 3.05) is 18.5 Å². The summed E-state index contributed by atoms with van der Waals surface area (Å²) in [7, 11) is 1.90. The summed E-state index contributed by atoms with van der Waals surface area (Å²) >= 11 is 6.33. The molecular weight excluding hydrogens is 286 g/mol. The fraction of sp³-hybridized carbons (Fsp3) is 0.562. The first-order valence-corrected chi connectivity index (χ1v) is 7.86. The first-order chi connectivity index (χ1) is 9.95. The number of nitrogens with zero attached hydrogens (tertiary/aromatic N) is 1. The van der Waals surface area contributed by atoms with Crippen molar-refractivity contribution in [2.45, 2.75) is 45.3 Å². The number of rotatable bonds is 7. The average molecular weight is 310 g/mol. The maximum Gasteiger partial charge on any atom is 0.239 e. The van der Waals surface area contributed by atoms with Gasteiger partial charge in [-0.1, -0.05) is 17.7 Å². The van der Waals surface area contributed by atoms with Crippen LogP contribution in [-0.4, -0.2) is 31.6 Å². The van der Waals surface area contributed by atoms with Gasteiger partial charge >= 0.3 is 0 Å². The molecule has 0 bridgehead atoms. The first-order valence-electron chi connectivity index (χ1n) is 7.48. The van der Waals surface area contributed by atoms with E-state index in [1.54, 1.807) is 0 Å². The highest BCUT2D eigenvalue weighted by Gasteiger charge is 2.20. The number of hydrogen-bond acceptors (Lipinski definition) is 3. The van der Waals surface area contributed by atoms with Gasteiger partial charge in [0.25, 0.3) is 0 Å². The van der Waals surface area contributed by atoms with Crippen LogP contribution in [0.5, 0.6) is 0 Å². The second kappa shape index (κ2) is 7.14. The zero-order valence-corrected chi connectivity index (χ0v) is 13.7. The Hall–Kier alpha value is -1.26. The number of carbonyl (C=O) groups is 1. The summed E-state index contributed by atoms with van der Waals surface area (Å²) < 4.78 is 0. The lowest BCUT2D eigenvalue weighted by Crippen LogP contribution is -2.38. The standard InChI is InChI=1S/C16H24ClN3O/c1-11(2)19-16(21)10-20(3)14-7-4-12(15(17)8-14)9-18-13-5-6-13/h4,7-8,11,13,18H,5-6,9-10H2,1-3H3,(H,19,21). The molecule has 1 amide bonds. The zero-order chi connectivity index (χ0) is 15.4. The molecule has 2 rings (SSSR count). The Morgan fingerprint density at radius 2 is 2.14 bits per heavy atom. The summed E-state index contributed by atoms with van der Waals surface area (Å²) in [6, 6.07) is 6.80. The number of benzene rings is 1. The molecule has 1 aromatic carbocycles. The van der Waals surface area contributed by atoms with E-state index in [1.807, 2.05) is 44.0 Å². The van der Waals surface area contributed by atoms with Crippen LogP contribution in [0, 0.1) is 0 Å². The summed E-state index contributed by atoms with van der Waals surface area (Å²) in [5.41, 5.74) is 2.06. The number of carbonyl (C=O) groups excluding carboxylic acids is 1. The molecule has 0 unspecified atom stereocenters. The molecule has 21 heavy (non-hydrogen) atoms. The van der Waals surface area contributed by atoms with Crippen LogP contribution >= 0.6 is 11.6 Å². The predicted molar refractivity (Wildman–Crippen MR) is 87.9 cm³/mol. The maximum absolute atomic E-state index is 11.8. The van der Waals surface area contributed by atoms with Crippen LogP contribution in [-0.2, 0) is 11.3 Å². The highest BCUT2D eigenvalue weighted by atomic mass is 35.5. The Kier molecular flexibility index (Phi) is 5.48. The van der Waals surface area contributed by atoms with Crippen LogP contribution < -0.4 is 15.5 Å². The third kappa shape index (κ3) is 5.21. The number of hydrogen-bond donors (Lipinski definition) is 2. The third-order valence-corrected chi connectivity index (χ3v) is 3.82. The van der Waals surface area contributed by atoms with Crippen LogP contribution in [0.2, 0.25) is 5.02 Å². The van der Waals surface area contributed by atoms with Crippen molar-refractivity contribution < 1.29 is 4.79 Å². The SMILES string of the molecule is CC(C)NC(=O)CN(C)c1ccc(CNC2CC2)c(Cl)c1. The van der Waals surface area contributed by atoms with Gasteiger partial charge in [0.05, 0.1) is 6.54 Å². The van der Waals surface area contributed by atoms with Gasteiger partial charge < -0.3 is 15.5 Å². The van der Waals surface area contributed by atoms with E-state index in [-0.39, 0.29) is 11.9 Å². The first kappa shape index (κ1) is 16.1. The Morgan fingerprint density at radius 3 is 2.71 bits per heavy atom. The number of likely N-dealkylation sites (N-methyl/N-ethyl adjacent to an activating group) is 1. The summed E-state index contributed by atoms with van der Waals surface area (Å²) in [4.78, 5) is 13.7. The number of anilines is 1. The van der Waals surface area contributed by atoms with Crippen molar-refractivity contribution in [3.63, 3.8) is 0 Å². The van der Waals surface area contributed by atoms with Gasteiger partial charge in [0.1, 0.15) is 0 Å². The van der Waals surface area contributed by atoms with Crippen LogP contribution in [0.15, 0.2) is 18.2 Å². The molecule has 116 valence electrons. The molecule has 1 saturated carbocycles. The van der Waals surface area contributed by atoms with Crippen molar-refractivity contribution in [2.24, 2.45) is 0 Å². The van der Waals surface area contributed by atoms with Gasteiger partial charge in [-0.2, -0.15) is 0 Å².